The molecule has 0 atom stereocenters. The van der Waals surface area contributed by atoms with E-state index in [2.05, 4.69) is 20.5 Å². The van der Waals surface area contributed by atoms with E-state index >= 15 is 0 Å². The molecule has 0 fully saturated rings. The summed E-state index contributed by atoms with van der Waals surface area (Å²) in [5.74, 6) is -1.08. The number of nitrogens with zero attached hydrogens (tertiary/aromatic N) is 3. The fourth-order valence-electron chi connectivity index (χ4n) is 3.74. The number of hydrogen-bond acceptors (Lipinski definition) is 6. The molecule has 186 valence electrons. The van der Waals surface area contributed by atoms with Crippen molar-refractivity contribution in [1.29, 1.82) is 0 Å². The number of ether oxygens (including phenoxy) is 1. The van der Waals surface area contributed by atoms with Crippen LogP contribution in [-0.2, 0) is 9.53 Å². The molecule has 0 aliphatic heterocycles. The number of hydrogen-bond donors (Lipinski definition) is 1. The summed E-state index contributed by atoms with van der Waals surface area (Å²) in [4.78, 5) is 30.1. The Morgan fingerprint density at radius 2 is 1.45 bits per heavy atom. The molecular formula is C30H21ClN4O3. The first-order valence-electron chi connectivity index (χ1n) is 11.7. The Kier molecular flexibility index (Phi) is 7.47. The Balaban J connectivity index is 1.24. The predicted molar refractivity (Wildman–Crippen MR) is 148 cm³/mol. The van der Waals surface area contributed by atoms with Crippen molar-refractivity contribution < 1.29 is 14.3 Å². The topological polar surface area (TPSA) is 93.0 Å². The van der Waals surface area contributed by atoms with Crippen molar-refractivity contribution in [3.05, 3.63) is 120 Å². The van der Waals surface area contributed by atoms with Gasteiger partial charge < -0.3 is 10.1 Å². The van der Waals surface area contributed by atoms with E-state index in [4.69, 9.17) is 16.3 Å². The molecule has 0 aliphatic rings. The minimum Gasteiger partial charge on any atom is -0.452 e. The number of amides is 1. The highest BCUT2D eigenvalue weighted by molar-refractivity contribution is 6.30. The normalized spacial score (nSPS) is 11.0. The number of benzene rings is 4. The van der Waals surface area contributed by atoms with Crippen LogP contribution in [0.2, 0.25) is 5.02 Å². The van der Waals surface area contributed by atoms with Gasteiger partial charge >= 0.3 is 5.97 Å². The average molecular weight is 521 g/mol. The van der Waals surface area contributed by atoms with Crippen LogP contribution in [0.25, 0.3) is 22.2 Å². The Morgan fingerprint density at radius 3 is 2.18 bits per heavy atom. The van der Waals surface area contributed by atoms with Crippen molar-refractivity contribution in [2.24, 2.45) is 10.2 Å². The van der Waals surface area contributed by atoms with Crippen LogP contribution in [0.5, 0.6) is 0 Å². The van der Waals surface area contributed by atoms with E-state index in [1.54, 1.807) is 48.5 Å². The van der Waals surface area contributed by atoms with E-state index in [1.807, 2.05) is 60.7 Å². The highest BCUT2D eigenvalue weighted by Crippen LogP contribution is 2.26. The van der Waals surface area contributed by atoms with E-state index in [-0.39, 0.29) is 0 Å². The first kappa shape index (κ1) is 24.8. The average Bonchev–Trinajstić information content (AvgIpc) is 2.96. The number of esters is 1. The van der Waals surface area contributed by atoms with E-state index in [1.165, 1.54) is 0 Å². The van der Waals surface area contributed by atoms with Crippen LogP contribution in [0.1, 0.15) is 10.4 Å². The molecule has 7 nitrogen and oxygen atoms in total. The molecule has 1 aromatic heterocycles. The van der Waals surface area contributed by atoms with Crippen LogP contribution in [0.4, 0.5) is 17.1 Å². The monoisotopic (exact) mass is 520 g/mol. The molecule has 38 heavy (non-hydrogen) atoms. The highest BCUT2D eigenvalue weighted by Gasteiger charge is 2.17. The third kappa shape index (κ3) is 6.08. The van der Waals surface area contributed by atoms with Gasteiger partial charge in [0, 0.05) is 21.7 Å². The smallest absolute Gasteiger partial charge is 0.339 e. The highest BCUT2D eigenvalue weighted by atomic mass is 35.5. The molecule has 0 bridgehead atoms. The van der Waals surface area contributed by atoms with Gasteiger partial charge in [0.05, 0.1) is 28.1 Å². The lowest BCUT2D eigenvalue weighted by atomic mass is 10.0. The largest absolute Gasteiger partial charge is 0.452 e. The number of azo groups is 1. The molecule has 0 aliphatic carbocycles. The van der Waals surface area contributed by atoms with Crippen LogP contribution < -0.4 is 5.32 Å². The van der Waals surface area contributed by atoms with Crippen molar-refractivity contribution >= 4 is 51.4 Å². The minimum atomic E-state index is -0.620. The fraction of sp³-hybridized carbons (Fsp3) is 0.0333. The van der Waals surface area contributed by atoms with Gasteiger partial charge in [0.15, 0.2) is 6.61 Å². The molecule has 0 spiro atoms. The lowest BCUT2D eigenvalue weighted by Gasteiger charge is -2.11. The number of para-hydroxylation sites is 1. The summed E-state index contributed by atoms with van der Waals surface area (Å²) in [5, 5.41) is 12.3. The van der Waals surface area contributed by atoms with E-state index in [9.17, 15) is 9.59 Å². The molecule has 0 radical (unpaired) electrons. The van der Waals surface area contributed by atoms with Crippen LogP contribution in [-0.4, -0.2) is 23.5 Å². The quantitative estimate of drug-likeness (QED) is 0.175. The summed E-state index contributed by atoms with van der Waals surface area (Å²) in [6.07, 6.45) is 0. The lowest BCUT2D eigenvalue weighted by Crippen LogP contribution is -2.21. The molecule has 8 heteroatoms. The Hall–Kier alpha value is -4.88. The zero-order valence-electron chi connectivity index (χ0n) is 20.0. The van der Waals surface area contributed by atoms with Gasteiger partial charge in [-0.05, 0) is 60.7 Å². The number of fused-ring (bicyclic) bond motifs is 1. The summed E-state index contributed by atoms with van der Waals surface area (Å²) in [5.41, 5.74) is 4.29. The van der Waals surface area contributed by atoms with Crippen molar-refractivity contribution in [2.75, 3.05) is 11.9 Å². The van der Waals surface area contributed by atoms with Crippen molar-refractivity contribution in [2.45, 2.75) is 0 Å². The zero-order valence-corrected chi connectivity index (χ0v) is 20.8. The van der Waals surface area contributed by atoms with Gasteiger partial charge in [0.2, 0.25) is 0 Å². The van der Waals surface area contributed by atoms with Gasteiger partial charge in [-0.25, -0.2) is 9.78 Å². The van der Waals surface area contributed by atoms with Gasteiger partial charge in [-0.3, -0.25) is 4.79 Å². The maximum Gasteiger partial charge on any atom is 0.339 e. The number of halogens is 1. The standard InChI is InChI=1S/C30H21ClN4O3/c31-21-12-10-20(11-13-21)28-18-26(25-8-4-5-9-27(25)33-28)30(37)38-19-29(36)32-22-14-16-24(17-15-22)35-34-23-6-2-1-3-7-23/h1-18H,19H2,(H,32,36). The maximum absolute atomic E-state index is 13.0. The second kappa shape index (κ2) is 11.5. The van der Waals surface area contributed by atoms with Gasteiger partial charge in [-0.2, -0.15) is 10.2 Å². The number of anilines is 1. The zero-order chi connectivity index (χ0) is 26.3. The molecule has 1 heterocycles. The Labute approximate surface area is 223 Å². The van der Waals surface area contributed by atoms with Gasteiger partial charge in [0.25, 0.3) is 5.91 Å². The molecule has 1 N–H and O–H groups in total. The number of pyridine rings is 1. The van der Waals surface area contributed by atoms with Crippen molar-refractivity contribution in [3.8, 4) is 11.3 Å². The molecule has 5 aromatic rings. The molecule has 5 rings (SSSR count). The van der Waals surface area contributed by atoms with Crippen LogP contribution in [0, 0.1) is 0 Å². The van der Waals surface area contributed by atoms with Crippen molar-refractivity contribution in [3.63, 3.8) is 0 Å². The SMILES string of the molecule is O=C(COC(=O)c1cc(-c2ccc(Cl)cc2)nc2ccccc12)Nc1ccc(N=Nc2ccccc2)cc1. The van der Waals surface area contributed by atoms with Crippen LogP contribution in [0.15, 0.2) is 119 Å². The molecule has 0 saturated carbocycles. The predicted octanol–water partition coefficient (Wildman–Crippen LogP) is 7.77. The molecule has 1 amide bonds. The van der Waals surface area contributed by atoms with Gasteiger partial charge in [0.1, 0.15) is 0 Å². The van der Waals surface area contributed by atoms with Crippen LogP contribution >= 0.6 is 11.6 Å². The second-order valence-corrected chi connectivity index (χ2v) is 8.72. The summed E-state index contributed by atoms with van der Waals surface area (Å²) in [6.45, 7) is -0.443. The third-order valence-corrected chi connectivity index (χ3v) is 5.85. The third-order valence-electron chi connectivity index (χ3n) is 5.60. The van der Waals surface area contributed by atoms with Crippen LogP contribution in [0.3, 0.4) is 0 Å². The van der Waals surface area contributed by atoms with Gasteiger partial charge in [-0.1, -0.05) is 60.1 Å². The summed E-state index contributed by atoms with van der Waals surface area (Å²) >= 11 is 6.01. The van der Waals surface area contributed by atoms with Gasteiger partial charge in [-0.15, -0.1) is 0 Å². The van der Waals surface area contributed by atoms with Crippen molar-refractivity contribution in [1.82, 2.24) is 4.98 Å². The maximum atomic E-state index is 13.0. The Bertz CT molecular complexity index is 1620. The lowest BCUT2D eigenvalue weighted by molar-refractivity contribution is -0.119. The summed E-state index contributed by atoms with van der Waals surface area (Å²) in [6, 6.07) is 32.4. The first-order chi connectivity index (χ1) is 18.5. The van der Waals surface area contributed by atoms with E-state index < -0.39 is 18.5 Å². The van der Waals surface area contributed by atoms with E-state index in [0.29, 0.717) is 38.6 Å². The number of carbonyl (C=O) groups is 2. The summed E-state index contributed by atoms with van der Waals surface area (Å²) < 4.78 is 5.36. The van der Waals surface area contributed by atoms with E-state index in [0.717, 1.165) is 11.3 Å². The minimum absolute atomic E-state index is 0.321. The number of aromatic nitrogens is 1. The molecule has 0 unspecified atom stereocenters. The second-order valence-electron chi connectivity index (χ2n) is 8.29. The Morgan fingerprint density at radius 1 is 0.789 bits per heavy atom. The molecule has 4 aromatic carbocycles. The molecule has 0 saturated heterocycles. The summed E-state index contributed by atoms with van der Waals surface area (Å²) in [7, 11) is 0. The fourth-order valence-corrected chi connectivity index (χ4v) is 3.87. The number of carbonyl (C=O) groups excluding carboxylic acids is 2. The number of nitrogens with one attached hydrogen (secondary N) is 1. The molecular weight excluding hydrogens is 500 g/mol. The first-order valence-corrected chi connectivity index (χ1v) is 12.1. The number of rotatable bonds is 7.